The minimum atomic E-state index is -3.02. The second-order valence-electron chi connectivity index (χ2n) is 8.41. The van der Waals surface area contributed by atoms with Crippen molar-refractivity contribution in [3.05, 3.63) is 41.1 Å². The number of fused-ring (bicyclic) bond motifs is 1. The van der Waals surface area contributed by atoms with Gasteiger partial charge < -0.3 is 15.7 Å². The van der Waals surface area contributed by atoms with Crippen LogP contribution in [0.15, 0.2) is 24.3 Å². The molecule has 3 N–H and O–H groups in total. The maximum Gasteiger partial charge on any atom is 0.290 e. The van der Waals surface area contributed by atoms with E-state index < -0.39 is 36.3 Å². The van der Waals surface area contributed by atoms with Crippen molar-refractivity contribution in [2.24, 2.45) is 5.73 Å². The molecule has 1 saturated carbocycles. The number of aromatic nitrogens is 2. The van der Waals surface area contributed by atoms with E-state index >= 15 is 0 Å². The van der Waals surface area contributed by atoms with Gasteiger partial charge in [0.05, 0.1) is 17.3 Å². The van der Waals surface area contributed by atoms with Gasteiger partial charge in [-0.1, -0.05) is 24.3 Å². The normalized spacial score (nSPS) is 24.0. The summed E-state index contributed by atoms with van der Waals surface area (Å²) in [5.41, 5.74) is 6.78. The molecule has 5 rings (SSSR count). The van der Waals surface area contributed by atoms with Crippen LogP contribution in [-0.2, 0) is 17.9 Å². The van der Waals surface area contributed by atoms with E-state index in [9.17, 15) is 22.7 Å². The van der Waals surface area contributed by atoms with Crippen LogP contribution in [0.25, 0.3) is 11.3 Å². The van der Waals surface area contributed by atoms with Crippen molar-refractivity contribution in [1.29, 1.82) is 0 Å². The van der Waals surface area contributed by atoms with Gasteiger partial charge >= 0.3 is 0 Å². The number of aliphatic hydroxyl groups is 1. The van der Waals surface area contributed by atoms with E-state index in [1.807, 2.05) is 0 Å². The largest absolute Gasteiger partial charge is 0.389 e. The van der Waals surface area contributed by atoms with Gasteiger partial charge in [-0.05, 0) is 12.0 Å². The molecule has 9 heteroatoms. The van der Waals surface area contributed by atoms with Gasteiger partial charge in [0.15, 0.2) is 0 Å². The smallest absolute Gasteiger partial charge is 0.290 e. The summed E-state index contributed by atoms with van der Waals surface area (Å²) in [7, 11) is 0. The monoisotopic (exact) mass is 408 g/mol. The highest BCUT2D eigenvalue weighted by atomic mass is 19.3. The first-order valence-corrected chi connectivity index (χ1v) is 9.56. The highest BCUT2D eigenvalue weighted by Crippen LogP contribution is 2.50. The third-order valence-electron chi connectivity index (χ3n) is 6.06. The Labute approximate surface area is 164 Å². The maximum atomic E-state index is 14.4. The Bertz CT molecular complexity index is 965. The summed E-state index contributed by atoms with van der Waals surface area (Å²) in [6.07, 6.45) is -1.49. The topological polar surface area (TPSA) is 75.3 Å². The van der Waals surface area contributed by atoms with E-state index in [4.69, 9.17) is 5.73 Å². The zero-order valence-corrected chi connectivity index (χ0v) is 15.5. The van der Waals surface area contributed by atoms with Crippen molar-refractivity contribution in [3.8, 4) is 11.3 Å². The Morgan fingerprint density at radius 1 is 1.03 bits per heavy atom. The molecule has 2 aromatic rings. The molecule has 0 bridgehead atoms. The molecular weight excluding hydrogens is 388 g/mol. The minimum Gasteiger partial charge on any atom is -0.389 e. The summed E-state index contributed by atoms with van der Waals surface area (Å²) in [4.78, 5) is 10.3. The molecule has 2 fully saturated rings. The van der Waals surface area contributed by atoms with Gasteiger partial charge in [0.1, 0.15) is 5.69 Å². The Hall–Kier alpha value is -2.26. The van der Waals surface area contributed by atoms with E-state index in [-0.39, 0.29) is 24.5 Å². The number of hydrogen-bond donors (Lipinski definition) is 2. The molecule has 3 aliphatic rings. The fourth-order valence-electron chi connectivity index (χ4n) is 4.45. The second kappa shape index (κ2) is 5.89. The molecule has 1 aromatic heterocycles. The lowest BCUT2D eigenvalue weighted by Crippen LogP contribution is -2.55. The number of rotatable bonds is 3. The molecule has 5 nitrogen and oxygen atoms in total. The number of nitrogens with zero attached hydrogens (tertiary/aromatic N) is 3. The summed E-state index contributed by atoms with van der Waals surface area (Å²) in [5, 5.41) is 9.52. The molecule has 29 heavy (non-hydrogen) atoms. The number of β-amino-alcohol motifs (C(OH)–C–C–N with tert-alkyl or cyclic N) is 1. The van der Waals surface area contributed by atoms with Gasteiger partial charge in [-0.2, -0.15) is 8.78 Å². The van der Waals surface area contributed by atoms with Crippen molar-refractivity contribution < 1.29 is 22.7 Å². The number of benzene rings is 1. The Balaban J connectivity index is 1.52. The van der Waals surface area contributed by atoms with Gasteiger partial charge in [-0.15, -0.1) is 0 Å². The Morgan fingerprint density at radius 3 is 2.28 bits per heavy atom. The summed E-state index contributed by atoms with van der Waals surface area (Å²) in [5.74, 6) is -5.60. The highest BCUT2D eigenvalue weighted by molar-refractivity contribution is 5.67. The quantitative estimate of drug-likeness (QED) is 0.764. The Kier molecular flexibility index (Phi) is 3.80. The molecule has 1 aromatic carbocycles. The fraction of sp³-hybridized carbons (Fsp3) is 0.500. The molecule has 1 aliphatic heterocycles. The number of aliphatic hydroxyl groups excluding tert-OH is 1. The minimum absolute atomic E-state index is 0.162. The number of nitrogens with two attached hydrogens (primary N) is 1. The molecule has 0 radical (unpaired) electrons. The first-order valence-electron chi connectivity index (χ1n) is 9.56. The van der Waals surface area contributed by atoms with Crippen LogP contribution in [0, 0.1) is 0 Å². The van der Waals surface area contributed by atoms with Crippen molar-refractivity contribution in [1.82, 2.24) is 9.97 Å². The van der Waals surface area contributed by atoms with E-state index in [2.05, 4.69) is 9.97 Å². The summed E-state index contributed by atoms with van der Waals surface area (Å²) >= 11 is 0. The van der Waals surface area contributed by atoms with Crippen LogP contribution in [-0.4, -0.2) is 40.2 Å². The first-order chi connectivity index (χ1) is 13.6. The van der Waals surface area contributed by atoms with Crippen molar-refractivity contribution >= 4 is 5.95 Å². The number of anilines is 1. The maximum absolute atomic E-state index is 14.4. The predicted molar refractivity (Wildman–Crippen MR) is 97.9 cm³/mol. The van der Waals surface area contributed by atoms with Gasteiger partial charge in [0.2, 0.25) is 5.95 Å². The van der Waals surface area contributed by atoms with Gasteiger partial charge in [0, 0.05) is 43.5 Å². The van der Waals surface area contributed by atoms with E-state index in [0.717, 1.165) is 0 Å². The third kappa shape index (κ3) is 2.98. The van der Waals surface area contributed by atoms with E-state index in [1.165, 1.54) is 0 Å². The molecule has 1 saturated heterocycles. The van der Waals surface area contributed by atoms with Crippen LogP contribution in [0.3, 0.4) is 0 Å². The van der Waals surface area contributed by atoms with Crippen LogP contribution in [0.5, 0.6) is 0 Å². The molecule has 0 amide bonds. The molecule has 2 aliphatic carbocycles. The highest BCUT2D eigenvalue weighted by Gasteiger charge is 2.55. The third-order valence-corrected chi connectivity index (χ3v) is 6.06. The van der Waals surface area contributed by atoms with Crippen molar-refractivity contribution in [2.75, 3.05) is 18.0 Å². The lowest BCUT2D eigenvalue weighted by molar-refractivity contribution is -0.125. The average molecular weight is 408 g/mol. The number of alkyl halides is 4. The summed E-state index contributed by atoms with van der Waals surface area (Å²) in [6.45, 7) is 0.597. The molecule has 0 unspecified atom stereocenters. The zero-order valence-electron chi connectivity index (χ0n) is 15.5. The fourth-order valence-corrected chi connectivity index (χ4v) is 4.45. The van der Waals surface area contributed by atoms with Crippen molar-refractivity contribution in [2.45, 2.75) is 49.2 Å². The van der Waals surface area contributed by atoms with Crippen molar-refractivity contribution in [3.63, 3.8) is 0 Å². The summed E-state index contributed by atoms with van der Waals surface area (Å²) in [6, 6.07) is 6.71. The van der Waals surface area contributed by atoms with Crippen LogP contribution in [0.1, 0.15) is 36.1 Å². The van der Waals surface area contributed by atoms with Gasteiger partial charge in [-0.25, -0.2) is 18.7 Å². The number of halogens is 4. The SMILES string of the molecule is NC1(c2ccc(-c3nc(N4CC(O)C4)nc4c3CCC4(F)F)cc2)CC(F)(F)C1. The second-order valence-corrected chi connectivity index (χ2v) is 8.41. The van der Waals surface area contributed by atoms with Crippen LogP contribution in [0.4, 0.5) is 23.5 Å². The molecular formula is C20H20F4N4O. The molecule has 2 heterocycles. The Morgan fingerprint density at radius 2 is 1.69 bits per heavy atom. The average Bonchev–Trinajstić information content (AvgIpc) is 2.92. The standard InChI is InChI=1S/C20H20F4N4O/c21-19(22)9-18(25,10-19)12-3-1-11(2-4-12)15-14-5-6-20(23,24)16(14)27-17(26-15)28-7-13(29)8-28/h1-4,13,29H,5-10,25H2. The van der Waals surface area contributed by atoms with Crippen LogP contribution in [0.2, 0.25) is 0 Å². The zero-order chi connectivity index (χ0) is 20.6. The molecule has 0 spiro atoms. The number of hydrogen-bond acceptors (Lipinski definition) is 5. The lowest BCUT2D eigenvalue weighted by atomic mass is 9.70. The van der Waals surface area contributed by atoms with Gasteiger partial charge in [0.25, 0.3) is 11.8 Å². The van der Waals surface area contributed by atoms with Crippen LogP contribution < -0.4 is 10.6 Å². The molecule has 0 atom stereocenters. The lowest BCUT2D eigenvalue weighted by Gasteiger charge is -2.44. The van der Waals surface area contributed by atoms with E-state index in [0.29, 0.717) is 35.5 Å². The first kappa shape index (κ1) is 18.7. The predicted octanol–water partition coefficient (Wildman–Crippen LogP) is 2.95. The van der Waals surface area contributed by atoms with Crippen LogP contribution >= 0.6 is 0 Å². The summed E-state index contributed by atoms with van der Waals surface area (Å²) < 4.78 is 55.3. The molecule has 154 valence electrons. The van der Waals surface area contributed by atoms with Gasteiger partial charge in [-0.3, -0.25) is 0 Å². The van der Waals surface area contributed by atoms with E-state index in [1.54, 1.807) is 29.2 Å².